The Bertz CT molecular complexity index is 2070. The lowest BCUT2D eigenvalue weighted by Crippen LogP contribution is -2.79. The molecule has 230 valence electrons. The molecule has 1 nitrogen and oxygen atoms in total. The summed E-state index contributed by atoms with van der Waals surface area (Å²) in [5.74, 6) is 0. The first-order valence-electron chi connectivity index (χ1n) is 17.0. The van der Waals surface area contributed by atoms with Crippen LogP contribution in [0.25, 0.3) is 0 Å². The Balaban J connectivity index is 1.59. The van der Waals surface area contributed by atoms with Gasteiger partial charge in [-0.15, -0.1) is 0 Å². The lowest BCUT2D eigenvalue weighted by molar-refractivity contribution is 0.591. The monoisotopic (exact) mass is 623 g/mol. The lowest BCUT2D eigenvalue weighted by atomic mass is 9.34. The molecule has 8 rings (SSSR count). The summed E-state index contributed by atoms with van der Waals surface area (Å²) in [7, 11) is -2.78. The largest absolute Gasteiger partial charge is 0.312 e. The molecule has 0 unspecified atom stereocenters. The van der Waals surface area contributed by atoms with Crippen molar-refractivity contribution in [2.24, 2.45) is 0 Å². The Kier molecular flexibility index (Phi) is 6.79. The predicted molar refractivity (Wildman–Crippen MR) is 207 cm³/mol. The molecule has 3 heteroatoms. The summed E-state index contributed by atoms with van der Waals surface area (Å²) in [6.45, 7) is 14.2. The summed E-state index contributed by atoms with van der Waals surface area (Å²) in [6.07, 6.45) is 0. The van der Waals surface area contributed by atoms with E-state index in [1.807, 2.05) is 0 Å². The maximum Gasteiger partial charge on any atom is 0.246 e. The number of hydrogen-bond acceptors (Lipinski definition) is 1. The van der Waals surface area contributed by atoms with E-state index < -0.39 is 8.07 Å². The first-order chi connectivity index (χ1) is 22.6. The molecule has 0 radical (unpaired) electrons. The molecule has 47 heavy (non-hydrogen) atoms. The van der Waals surface area contributed by atoms with Gasteiger partial charge in [0.1, 0.15) is 0 Å². The molecule has 0 saturated carbocycles. The van der Waals surface area contributed by atoms with E-state index in [2.05, 4.69) is 192 Å². The molecule has 2 heterocycles. The van der Waals surface area contributed by atoms with E-state index in [0.717, 1.165) is 0 Å². The zero-order chi connectivity index (χ0) is 32.6. The molecule has 6 aromatic rings. The van der Waals surface area contributed by atoms with E-state index in [1.54, 1.807) is 0 Å². The molecule has 0 saturated heterocycles. The second-order valence-corrected chi connectivity index (χ2v) is 19.1. The zero-order valence-electron chi connectivity index (χ0n) is 28.4. The van der Waals surface area contributed by atoms with Gasteiger partial charge in [-0.1, -0.05) is 180 Å². The molecule has 0 bridgehead atoms. The van der Waals surface area contributed by atoms with E-state index in [-0.39, 0.29) is 17.5 Å². The maximum absolute atomic E-state index is 2.78. The molecular formula is C44H42BNSi. The maximum atomic E-state index is 2.63. The lowest BCUT2D eigenvalue weighted by Gasteiger charge is -2.49. The number of fused-ring (bicyclic) bond motifs is 4. The van der Waals surface area contributed by atoms with Gasteiger partial charge in [0.25, 0.3) is 0 Å². The van der Waals surface area contributed by atoms with Gasteiger partial charge in [-0.05, 0) is 65.8 Å². The average molecular weight is 624 g/mol. The van der Waals surface area contributed by atoms with Crippen LogP contribution in [0.4, 0.5) is 17.1 Å². The molecule has 0 spiro atoms. The quantitative estimate of drug-likeness (QED) is 0.210. The van der Waals surface area contributed by atoms with Crippen molar-refractivity contribution in [3.63, 3.8) is 0 Å². The Morgan fingerprint density at radius 2 is 1.00 bits per heavy atom. The minimum atomic E-state index is -2.78. The number of anilines is 3. The fraction of sp³-hybridized carbons (Fsp3) is 0.182. The van der Waals surface area contributed by atoms with Gasteiger partial charge in [0.15, 0.2) is 8.07 Å². The first-order valence-corrected chi connectivity index (χ1v) is 19.0. The molecule has 0 atom stereocenters. The Labute approximate surface area is 282 Å². The van der Waals surface area contributed by atoms with Crippen molar-refractivity contribution in [1.82, 2.24) is 0 Å². The normalized spacial score (nSPS) is 14.7. The highest BCUT2D eigenvalue weighted by Crippen LogP contribution is 2.41. The third kappa shape index (κ3) is 4.51. The van der Waals surface area contributed by atoms with Crippen molar-refractivity contribution >= 4 is 69.0 Å². The molecule has 0 amide bonds. The second kappa shape index (κ2) is 10.7. The first kappa shape index (κ1) is 29.8. The minimum absolute atomic E-state index is 0.0321. The number of benzene rings is 6. The van der Waals surface area contributed by atoms with Crippen molar-refractivity contribution in [3.05, 3.63) is 157 Å². The van der Waals surface area contributed by atoms with Gasteiger partial charge in [0, 0.05) is 17.1 Å². The number of nitrogens with zero attached hydrogens (tertiary/aromatic N) is 1. The van der Waals surface area contributed by atoms with Gasteiger partial charge < -0.3 is 4.90 Å². The van der Waals surface area contributed by atoms with Crippen molar-refractivity contribution in [1.29, 1.82) is 0 Å². The summed E-state index contributed by atoms with van der Waals surface area (Å²) in [5.41, 5.74) is 10.9. The van der Waals surface area contributed by atoms with Crippen LogP contribution in [-0.2, 0) is 10.8 Å². The van der Waals surface area contributed by atoms with Gasteiger partial charge >= 0.3 is 0 Å². The van der Waals surface area contributed by atoms with Crippen LogP contribution in [0.1, 0.15) is 52.7 Å². The zero-order valence-corrected chi connectivity index (χ0v) is 29.4. The van der Waals surface area contributed by atoms with Crippen LogP contribution >= 0.6 is 0 Å². The van der Waals surface area contributed by atoms with E-state index in [4.69, 9.17) is 0 Å². The summed E-state index contributed by atoms with van der Waals surface area (Å²) >= 11 is 0. The fourth-order valence-corrected chi connectivity index (χ4v) is 13.3. The van der Waals surface area contributed by atoms with Gasteiger partial charge in [-0.25, -0.2) is 0 Å². The molecule has 6 aromatic carbocycles. The highest BCUT2D eigenvalue weighted by molar-refractivity contribution is 7.22. The van der Waals surface area contributed by atoms with Crippen LogP contribution in [0.2, 0.25) is 0 Å². The van der Waals surface area contributed by atoms with Crippen LogP contribution in [0.15, 0.2) is 146 Å². The second-order valence-electron chi connectivity index (χ2n) is 15.4. The predicted octanol–water partition coefficient (Wildman–Crippen LogP) is 6.27. The minimum Gasteiger partial charge on any atom is -0.312 e. The Morgan fingerprint density at radius 1 is 0.468 bits per heavy atom. The average Bonchev–Trinajstić information content (AvgIpc) is 3.08. The van der Waals surface area contributed by atoms with Crippen molar-refractivity contribution in [3.8, 4) is 0 Å². The topological polar surface area (TPSA) is 3.24 Å². The molecule has 2 aliphatic rings. The van der Waals surface area contributed by atoms with Crippen LogP contribution in [0.5, 0.6) is 0 Å². The number of para-hydroxylation sites is 1. The van der Waals surface area contributed by atoms with Crippen LogP contribution in [-0.4, -0.2) is 14.8 Å². The molecule has 0 aromatic heterocycles. The third-order valence-corrected chi connectivity index (χ3v) is 15.3. The van der Waals surface area contributed by atoms with Gasteiger partial charge in [-0.2, -0.15) is 0 Å². The van der Waals surface area contributed by atoms with Crippen molar-refractivity contribution in [2.45, 2.75) is 52.4 Å². The number of hydrogen-bond donors (Lipinski definition) is 0. The van der Waals surface area contributed by atoms with Crippen LogP contribution in [0.3, 0.4) is 0 Å². The highest BCUT2D eigenvalue weighted by atomic mass is 28.3. The van der Waals surface area contributed by atoms with Crippen molar-refractivity contribution < 1.29 is 0 Å². The van der Waals surface area contributed by atoms with E-state index >= 15 is 0 Å². The van der Waals surface area contributed by atoms with E-state index in [0.29, 0.717) is 0 Å². The van der Waals surface area contributed by atoms with Gasteiger partial charge in [0.2, 0.25) is 6.71 Å². The summed E-state index contributed by atoms with van der Waals surface area (Å²) in [6, 6.07) is 55.8. The summed E-state index contributed by atoms with van der Waals surface area (Å²) < 4.78 is 0. The smallest absolute Gasteiger partial charge is 0.246 e. The van der Waals surface area contributed by atoms with Crippen LogP contribution in [0, 0.1) is 0 Å². The molecule has 2 aliphatic heterocycles. The summed E-state index contributed by atoms with van der Waals surface area (Å²) in [4.78, 5) is 2.63. The SMILES string of the molecule is CC(C)(C)c1ccc2c(c1)B(c1ccccc1)c1cc(C(C)(C)C)cc3c1N2c1ccccc1[Si]3(c1ccccc1)c1ccccc1. The molecule has 0 fully saturated rings. The van der Waals surface area contributed by atoms with Crippen molar-refractivity contribution in [2.75, 3.05) is 4.90 Å². The standard InChI is InChI=1S/C44H42BNSi/c1-43(2,3)31-26-27-38-36(28-31)45(33-18-10-7-11-19-33)37-29-32(44(4,5)6)30-41-42(37)46(38)39-24-16-17-25-40(39)47(41,34-20-12-8-13-21-34)35-22-14-9-15-23-35/h7-30H,1-6H3. The molecule has 0 aliphatic carbocycles. The third-order valence-electron chi connectivity index (χ3n) is 10.5. The van der Waals surface area contributed by atoms with Crippen LogP contribution < -0.4 is 42.0 Å². The van der Waals surface area contributed by atoms with Gasteiger partial charge in [0.05, 0.1) is 0 Å². The van der Waals surface area contributed by atoms with Gasteiger partial charge in [-0.3, -0.25) is 0 Å². The Morgan fingerprint density at radius 3 is 1.60 bits per heavy atom. The summed E-state index contributed by atoms with van der Waals surface area (Å²) in [5, 5.41) is 5.79. The highest BCUT2D eigenvalue weighted by Gasteiger charge is 2.52. The molecule has 0 N–H and O–H groups in total. The van der Waals surface area contributed by atoms with E-state index in [1.165, 1.54) is 65.3 Å². The Hall–Kier alpha value is -4.60. The van der Waals surface area contributed by atoms with E-state index in [9.17, 15) is 0 Å². The number of rotatable bonds is 3. The fourth-order valence-electron chi connectivity index (χ4n) is 8.14. The molecular weight excluding hydrogens is 581 g/mol.